The molecule has 0 bridgehead atoms. The molecule has 3 aromatic rings. The van der Waals surface area contributed by atoms with E-state index in [1.165, 1.54) is 11.1 Å². The number of benzene rings is 2. The van der Waals surface area contributed by atoms with Crippen LogP contribution in [0, 0.1) is 11.7 Å². The number of rotatable bonds is 6. The first-order valence-corrected chi connectivity index (χ1v) is 10.7. The van der Waals surface area contributed by atoms with Gasteiger partial charge in [0.25, 0.3) is 0 Å². The van der Waals surface area contributed by atoms with Crippen molar-refractivity contribution in [2.24, 2.45) is 7.05 Å². The standard InChI is InChI=1S/C23H29N5OS/c1-18-9-10-21(29-3)20(15-18)16-26-11-13-27(14-12-26)17-28-23(30)25(2)22(24-28)19-7-5-4-6-8-19/h4-10,15H,11-14,16-17H2,1-3H3. The Labute approximate surface area is 183 Å². The number of methoxy groups -OCH3 is 1. The lowest BCUT2D eigenvalue weighted by atomic mass is 10.1. The van der Waals surface area contributed by atoms with E-state index in [2.05, 4.69) is 47.1 Å². The molecule has 0 radical (unpaired) electrons. The third kappa shape index (κ3) is 4.48. The molecule has 158 valence electrons. The van der Waals surface area contributed by atoms with Crippen molar-refractivity contribution in [3.05, 3.63) is 64.4 Å². The fraction of sp³-hybridized carbons (Fsp3) is 0.391. The van der Waals surface area contributed by atoms with Gasteiger partial charge in [0.05, 0.1) is 13.8 Å². The predicted octanol–water partition coefficient (Wildman–Crippen LogP) is 3.71. The summed E-state index contributed by atoms with van der Waals surface area (Å²) in [5.41, 5.74) is 3.61. The van der Waals surface area contributed by atoms with Crippen LogP contribution in [0.4, 0.5) is 0 Å². The highest BCUT2D eigenvalue weighted by Crippen LogP contribution is 2.22. The van der Waals surface area contributed by atoms with Gasteiger partial charge in [-0.25, -0.2) is 4.68 Å². The number of hydrogen-bond donors (Lipinski definition) is 0. The molecule has 0 aliphatic carbocycles. The maximum atomic E-state index is 5.64. The number of aryl methyl sites for hydroxylation is 1. The van der Waals surface area contributed by atoms with Crippen molar-refractivity contribution in [1.82, 2.24) is 24.1 Å². The number of nitrogens with zero attached hydrogens (tertiary/aromatic N) is 5. The van der Waals surface area contributed by atoms with E-state index in [1.54, 1.807) is 7.11 Å². The van der Waals surface area contributed by atoms with Crippen molar-refractivity contribution >= 4 is 12.2 Å². The Kier molecular flexibility index (Phi) is 6.32. The lowest BCUT2D eigenvalue weighted by Crippen LogP contribution is -2.46. The number of piperazine rings is 1. The summed E-state index contributed by atoms with van der Waals surface area (Å²) < 4.78 is 10.2. The van der Waals surface area contributed by atoms with Gasteiger partial charge >= 0.3 is 0 Å². The van der Waals surface area contributed by atoms with E-state index in [1.807, 2.05) is 34.5 Å². The molecule has 1 saturated heterocycles. The summed E-state index contributed by atoms with van der Waals surface area (Å²) in [6, 6.07) is 16.6. The van der Waals surface area contributed by atoms with Crippen LogP contribution >= 0.6 is 12.2 Å². The van der Waals surface area contributed by atoms with Gasteiger partial charge in [-0.2, -0.15) is 5.10 Å². The minimum atomic E-state index is 0.723. The Bertz CT molecular complexity index is 1050. The number of hydrogen-bond acceptors (Lipinski definition) is 5. The lowest BCUT2D eigenvalue weighted by molar-refractivity contribution is 0.0975. The van der Waals surface area contributed by atoms with Crippen molar-refractivity contribution in [2.75, 3.05) is 33.3 Å². The van der Waals surface area contributed by atoms with Gasteiger partial charge in [-0.15, -0.1) is 0 Å². The molecule has 6 nitrogen and oxygen atoms in total. The molecule has 0 N–H and O–H groups in total. The third-order valence-corrected chi connectivity index (χ3v) is 6.19. The fourth-order valence-electron chi connectivity index (χ4n) is 3.97. The summed E-state index contributed by atoms with van der Waals surface area (Å²) in [5.74, 6) is 1.88. The van der Waals surface area contributed by atoms with Crippen molar-refractivity contribution in [3.8, 4) is 17.1 Å². The van der Waals surface area contributed by atoms with Crippen LogP contribution in [0.5, 0.6) is 5.75 Å². The van der Waals surface area contributed by atoms with E-state index in [4.69, 9.17) is 22.1 Å². The van der Waals surface area contributed by atoms with Gasteiger partial charge < -0.3 is 9.30 Å². The average Bonchev–Trinajstić information content (AvgIpc) is 3.04. The van der Waals surface area contributed by atoms with E-state index in [-0.39, 0.29) is 0 Å². The summed E-state index contributed by atoms with van der Waals surface area (Å²) in [6.07, 6.45) is 0. The van der Waals surface area contributed by atoms with Gasteiger partial charge in [0.1, 0.15) is 5.75 Å². The largest absolute Gasteiger partial charge is 0.496 e. The van der Waals surface area contributed by atoms with Gasteiger partial charge in [-0.1, -0.05) is 48.0 Å². The quantitative estimate of drug-likeness (QED) is 0.565. The highest BCUT2D eigenvalue weighted by molar-refractivity contribution is 7.71. The van der Waals surface area contributed by atoms with Gasteiger partial charge in [0.15, 0.2) is 10.6 Å². The van der Waals surface area contributed by atoms with Crippen LogP contribution in [0.25, 0.3) is 11.4 Å². The molecular weight excluding hydrogens is 394 g/mol. The second kappa shape index (κ2) is 9.12. The fourth-order valence-corrected chi connectivity index (χ4v) is 4.15. The SMILES string of the molecule is COc1ccc(C)cc1CN1CCN(Cn2nc(-c3ccccc3)n(C)c2=S)CC1. The molecule has 0 saturated carbocycles. The van der Waals surface area contributed by atoms with Crippen LogP contribution in [-0.2, 0) is 20.3 Å². The van der Waals surface area contributed by atoms with Gasteiger partial charge in [0.2, 0.25) is 0 Å². The van der Waals surface area contributed by atoms with Crippen molar-refractivity contribution in [1.29, 1.82) is 0 Å². The smallest absolute Gasteiger partial charge is 0.199 e. The van der Waals surface area contributed by atoms with Crippen molar-refractivity contribution in [3.63, 3.8) is 0 Å². The Morgan fingerprint density at radius 3 is 2.40 bits per heavy atom. The molecule has 0 amide bonds. The summed E-state index contributed by atoms with van der Waals surface area (Å²) >= 11 is 5.64. The first kappa shape index (κ1) is 20.8. The normalized spacial score (nSPS) is 15.4. The van der Waals surface area contributed by atoms with E-state index in [0.29, 0.717) is 0 Å². The zero-order chi connectivity index (χ0) is 21.1. The molecule has 30 heavy (non-hydrogen) atoms. The summed E-state index contributed by atoms with van der Waals surface area (Å²) in [6.45, 7) is 7.79. The molecular formula is C23H29N5OS. The number of ether oxygens (including phenoxy) is 1. The van der Waals surface area contributed by atoms with Crippen LogP contribution in [0.1, 0.15) is 11.1 Å². The van der Waals surface area contributed by atoms with E-state index in [0.717, 1.165) is 61.3 Å². The molecule has 1 aliphatic heterocycles. The molecule has 0 atom stereocenters. The van der Waals surface area contributed by atoms with Crippen molar-refractivity contribution < 1.29 is 4.74 Å². The predicted molar refractivity (Wildman–Crippen MR) is 122 cm³/mol. The minimum Gasteiger partial charge on any atom is -0.496 e. The van der Waals surface area contributed by atoms with Crippen LogP contribution in [-0.4, -0.2) is 57.4 Å². The van der Waals surface area contributed by atoms with Crippen LogP contribution in [0.15, 0.2) is 48.5 Å². The van der Waals surface area contributed by atoms with Crippen LogP contribution in [0.3, 0.4) is 0 Å². The van der Waals surface area contributed by atoms with Gasteiger partial charge in [-0.05, 0) is 25.2 Å². The van der Waals surface area contributed by atoms with E-state index in [9.17, 15) is 0 Å². The Balaban J connectivity index is 1.39. The number of aromatic nitrogens is 3. The summed E-state index contributed by atoms with van der Waals surface area (Å²) in [4.78, 5) is 4.91. The maximum Gasteiger partial charge on any atom is 0.199 e. The monoisotopic (exact) mass is 423 g/mol. The summed E-state index contributed by atoms with van der Waals surface area (Å²) in [5, 5.41) is 4.80. The topological polar surface area (TPSA) is 38.5 Å². The zero-order valence-corrected chi connectivity index (χ0v) is 18.7. The molecule has 7 heteroatoms. The molecule has 4 rings (SSSR count). The first-order valence-electron chi connectivity index (χ1n) is 10.3. The molecule has 0 unspecified atom stereocenters. The van der Waals surface area contributed by atoms with Gasteiger partial charge in [0, 0.05) is 50.9 Å². The average molecular weight is 424 g/mol. The zero-order valence-electron chi connectivity index (χ0n) is 17.9. The van der Waals surface area contributed by atoms with Gasteiger partial charge in [-0.3, -0.25) is 9.80 Å². The van der Waals surface area contributed by atoms with Crippen molar-refractivity contribution in [2.45, 2.75) is 20.1 Å². The Morgan fingerprint density at radius 2 is 1.70 bits per heavy atom. The molecule has 2 heterocycles. The second-order valence-corrected chi connectivity index (χ2v) is 8.25. The second-order valence-electron chi connectivity index (χ2n) is 7.88. The van der Waals surface area contributed by atoms with Crippen LogP contribution < -0.4 is 4.74 Å². The molecule has 1 aliphatic rings. The summed E-state index contributed by atoms with van der Waals surface area (Å²) in [7, 11) is 3.73. The van der Waals surface area contributed by atoms with Crippen LogP contribution in [0.2, 0.25) is 0 Å². The lowest BCUT2D eigenvalue weighted by Gasteiger charge is -2.34. The Morgan fingerprint density at radius 1 is 1.00 bits per heavy atom. The molecule has 1 aromatic heterocycles. The highest BCUT2D eigenvalue weighted by atomic mass is 32.1. The highest BCUT2D eigenvalue weighted by Gasteiger charge is 2.20. The maximum absolute atomic E-state index is 5.64. The third-order valence-electron chi connectivity index (χ3n) is 5.70. The van der Waals surface area contributed by atoms with E-state index >= 15 is 0 Å². The van der Waals surface area contributed by atoms with E-state index < -0.39 is 0 Å². The minimum absolute atomic E-state index is 0.723. The first-order chi connectivity index (χ1) is 14.5. The molecule has 2 aromatic carbocycles. The molecule has 1 fully saturated rings. The Hall–Kier alpha value is -2.48. The molecule has 0 spiro atoms.